The van der Waals surface area contributed by atoms with Crippen LogP contribution in [0.4, 0.5) is 10.6 Å². The first-order chi connectivity index (χ1) is 11.0. The van der Waals surface area contributed by atoms with Gasteiger partial charge in [-0.2, -0.15) is 5.10 Å². The number of hydrogen-bond donors (Lipinski definition) is 3. The Bertz CT molecular complexity index is 724. The van der Waals surface area contributed by atoms with Crippen molar-refractivity contribution in [2.75, 3.05) is 19.5 Å². The van der Waals surface area contributed by atoms with Crippen molar-refractivity contribution in [3.05, 3.63) is 46.2 Å². The number of aromatic amines is 1. The van der Waals surface area contributed by atoms with Crippen molar-refractivity contribution in [3.63, 3.8) is 0 Å². The molecule has 0 bridgehead atoms. The highest BCUT2D eigenvalue weighted by molar-refractivity contribution is 5.88. The maximum Gasteiger partial charge on any atom is 0.320 e. The molecule has 23 heavy (non-hydrogen) atoms. The molecular formula is C15H18N4O4. The molecule has 122 valence electrons. The number of carbonyl (C=O) groups excluding carboxylic acids is 1. The van der Waals surface area contributed by atoms with Crippen LogP contribution >= 0.6 is 0 Å². The van der Waals surface area contributed by atoms with E-state index in [1.165, 1.54) is 12.1 Å². The molecular weight excluding hydrogens is 300 g/mol. The molecule has 3 N–H and O–H groups in total. The molecule has 0 radical (unpaired) electrons. The Kier molecular flexibility index (Phi) is 5.19. The first-order valence-electron chi connectivity index (χ1n) is 6.88. The predicted octanol–water partition coefficient (Wildman–Crippen LogP) is 1.67. The number of rotatable bonds is 5. The van der Waals surface area contributed by atoms with Crippen LogP contribution in [0.25, 0.3) is 0 Å². The number of anilines is 1. The Hall–Kier alpha value is -3.03. The number of amides is 2. The standard InChI is InChI=1S/C15H18N4O4/c1-9(10-4-5-11(22-2)12(8-10)23-3)16-15(21)17-13-6-7-14(20)19-18-13/h4-9H,1-3H3,(H,19,20)(H2,16,17,18,21). The number of ether oxygens (including phenoxy) is 2. The second-order valence-corrected chi connectivity index (χ2v) is 4.74. The summed E-state index contributed by atoms with van der Waals surface area (Å²) in [6.07, 6.45) is 0. The second-order valence-electron chi connectivity index (χ2n) is 4.74. The van der Waals surface area contributed by atoms with Gasteiger partial charge in [-0.05, 0) is 30.7 Å². The van der Waals surface area contributed by atoms with E-state index in [0.29, 0.717) is 11.5 Å². The van der Waals surface area contributed by atoms with Crippen LogP contribution in [0.2, 0.25) is 0 Å². The van der Waals surface area contributed by atoms with Crippen molar-refractivity contribution < 1.29 is 14.3 Å². The number of aromatic nitrogens is 2. The highest BCUT2D eigenvalue weighted by atomic mass is 16.5. The molecule has 2 rings (SSSR count). The van der Waals surface area contributed by atoms with E-state index in [2.05, 4.69) is 20.8 Å². The zero-order valence-corrected chi connectivity index (χ0v) is 13.0. The third-order valence-electron chi connectivity index (χ3n) is 3.18. The van der Waals surface area contributed by atoms with Crippen LogP contribution in [0, 0.1) is 0 Å². The topological polar surface area (TPSA) is 105 Å². The van der Waals surface area contributed by atoms with E-state index in [1.807, 2.05) is 13.0 Å². The van der Waals surface area contributed by atoms with Crippen molar-refractivity contribution in [1.29, 1.82) is 0 Å². The summed E-state index contributed by atoms with van der Waals surface area (Å²) in [7, 11) is 3.11. The molecule has 0 aliphatic carbocycles. The fraction of sp³-hybridized carbons (Fsp3) is 0.267. The summed E-state index contributed by atoms with van der Waals surface area (Å²) in [5, 5.41) is 11.2. The van der Waals surface area contributed by atoms with Crippen molar-refractivity contribution >= 4 is 11.8 Å². The van der Waals surface area contributed by atoms with Gasteiger partial charge in [0.25, 0.3) is 5.56 Å². The van der Waals surface area contributed by atoms with E-state index >= 15 is 0 Å². The van der Waals surface area contributed by atoms with Crippen molar-refractivity contribution in [2.24, 2.45) is 0 Å². The van der Waals surface area contributed by atoms with E-state index in [0.717, 1.165) is 5.56 Å². The van der Waals surface area contributed by atoms with Crippen LogP contribution in [-0.2, 0) is 0 Å². The quantitative estimate of drug-likeness (QED) is 0.777. The Morgan fingerprint density at radius 1 is 1.17 bits per heavy atom. The summed E-state index contributed by atoms with van der Waals surface area (Å²) in [5.41, 5.74) is 0.516. The van der Waals surface area contributed by atoms with Crippen LogP contribution < -0.4 is 25.7 Å². The Morgan fingerprint density at radius 3 is 2.52 bits per heavy atom. The van der Waals surface area contributed by atoms with E-state index in [9.17, 15) is 9.59 Å². The van der Waals surface area contributed by atoms with Crippen molar-refractivity contribution in [2.45, 2.75) is 13.0 Å². The summed E-state index contributed by atoms with van der Waals surface area (Å²) in [4.78, 5) is 22.9. The normalized spacial score (nSPS) is 11.4. The largest absolute Gasteiger partial charge is 0.493 e. The summed E-state index contributed by atoms with van der Waals surface area (Å²) in [5.74, 6) is 1.45. The van der Waals surface area contributed by atoms with E-state index in [1.54, 1.807) is 26.4 Å². The number of H-pyrrole nitrogens is 1. The average molecular weight is 318 g/mol. The van der Waals surface area contributed by atoms with Crippen LogP contribution in [-0.4, -0.2) is 30.4 Å². The SMILES string of the molecule is COc1ccc(C(C)NC(=O)Nc2ccc(=O)[nH]n2)cc1OC. The van der Waals surface area contributed by atoms with Gasteiger partial charge in [0.05, 0.1) is 20.3 Å². The molecule has 0 aliphatic rings. The lowest BCUT2D eigenvalue weighted by Crippen LogP contribution is -2.31. The van der Waals surface area contributed by atoms with Gasteiger partial charge in [0.15, 0.2) is 17.3 Å². The first kappa shape index (κ1) is 16.3. The summed E-state index contributed by atoms with van der Waals surface area (Å²) >= 11 is 0. The lowest BCUT2D eigenvalue weighted by Gasteiger charge is -2.16. The number of carbonyl (C=O) groups is 1. The molecule has 0 spiro atoms. The minimum absolute atomic E-state index is 0.251. The maximum atomic E-state index is 11.9. The average Bonchev–Trinajstić information content (AvgIpc) is 2.56. The van der Waals surface area contributed by atoms with Crippen LogP contribution in [0.15, 0.2) is 35.1 Å². The molecule has 2 amide bonds. The van der Waals surface area contributed by atoms with Crippen molar-refractivity contribution in [3.8, 4) is 11.5 Å². The Labute approximate surface area is 132 Å². The minimum Gasteiger partial charge on any atom is -0.493 e. The molecule has 0 aliphatic heterocycles. The van der Waals surface area contributed by atoms with Gasteiger partial charge < -0.3 is 14.8 Å². The zero-order chi connectivity index (χ0) is 16.8. The number of nitrogens with one attached hydrogen (secondary N) is 3. The lowest BCUT2D eigenvalue weighted by molar-refractivity contribution is 0.249. The number of nitrogens with zero attached hydrogens (tertiary/aromatic N) is 1. The Morgan fingerprint density at radius 2 is 1.91 bits per heavy atom. The van der Waals surface area contributed by atoms with Crippen LogP contribution in [0.3, 0.4) is 0 Å². The van der Waals surface area contributed by atoms with E-state index < -0.39 is 6.03 Å². The van der Waals surface area contributed by atoms with Gasteiger partial charge in [-0.3, -0.25) is 10.1 Å². The maximum absolute atomic E-state index is 11.9. The fourth-order valence-electron chi connectivity index (χ4n) is 1.97. The molecule has 1 unspecified atom stereocenters. The summed E-state index contributed by atoms with van der Waals surface area (Å²) in [6, 6.07) is 7.39. The highest BCUT2D eigenvalue weighted by Gasteiger charge is 2.13. The third kappa shape index (κ3) is 4.22. The molecule has 1 atom stereocenters. The predicted molar refractivity (Wildman–Crippen MR) is 85.0 cm³/mol. The number of benzene rings is 1. The van der Waals surface area contributed by atoms with Crippen LogP contribution in [0.1, 0.15) is 18.5 Å². The van der Waals surface area contributed by atoms with Crippen molar-refractivity contribution in [1.82, 2.24) is 15.5 Å². The fourth-order valence-corrected chi connectivity index (χ4v) is 1.97. The van der Waals surface area contributed by atoms with Gasteiger partial charge in [0.1, 0.15) is 0 Å². The molecule has 1 aromatic heterocycles. The van der Waals surface area contributed by atoms with Gasteiger partial charge in [0.2, 0.25) is 0 Å². The van der Waals surface area contributed by atoms with E-state index in [4.69, 9.17) is 9.47 Å². The monoisotopic (exact) mass is 318 g/mol. The van der Waals surface area contributed by atoms with Gasteiger partial charge in [0, 0.05) is 6.07 Å². The molecule has 0 saturated carbocycles. The molecule has 8 heteroatoms. The summed E-state index contributed by atoms with van der Waals surface area (Å²) in [6.45, 7) is 1.83. The van der Waals surface area contributed by atoms with Gasteiger partial charge in [-0.15, -0.1) is 0 Å². The van der Waals surface area contributed by atoms with Gasteiger partial charge in [-0.1, -0.05) is 6.07 Å². The lowest BCUT2D eigenvalue weighted by atomic mass is 10.1. The Balaban J connectivity index is 2.03. The molecule has 8 nitrogen and oxygen atoms in total. The molecule has 1 aromatic carbocycles. The zero-order valence-electron chi connectivity index (χ0n) is 13.0. The van der Waals surface area contributed by atoms with Gasteiger partial charge >= 0.3 is 6.03 Å². The number of methoxy groups -OCH3 is 2. The molecule has 0 saturated heterocycles. The second kappa shape index (κ2) is 7.30. The van der Waals surface area contributed by atoms with Crippen LogP contribution in [0.5, 0.6) is 11.5 Å². The number of urea groups is 1. The smallest absolute Gasteiger partial charge is 0.320 e. The first-order valence-corrected chi connectivity index (χ1v) is 6.88. The number of hydrogen-bond acceptors (Lipinski definition) is 5. The van der Waals surface area contributed by atoms with Gasteiger partial charge in [-0.25, -0.2) is 9.89 Å². The van der Waals surface area contributed by atoms with E-state index in [-0.39, 0.29) is 17.4 Å². The molecule has 1 heterocycles. The third-order valence-corrected chi connectivity index (χ3v) is 3.18. The highest BCUT2D eigenvalue weighted by Crippen LogP contribution is 2.29. The summed E-state index contributed by atoms with van der Waals surface area (Å²) < 4.78 is 10.4. The molecule has 2 aromatic rings. The minimum atomic E-state index is -0.438. The molecule has 0 fully saturated rings.